The molecule has 2 heterocycles. The molecule has 0 aromatic heterocycles. The van der Waals surface area contributed by atoms with Crippen LogP contribution in [0.4, 0.5) is 18.9 Å². The lowest BCUT2D eigenvalue weighted by atomic mass is 10.0. The molecule has 1 saturated heterocycles. The lowest BCUT2D eigenvalue weighted by Crippen LogP contribution is -2.54. The first-order valence-corrected chi connectivity index (χ1v) is 10.9. The molecule has 1 fully saturated rings. The zero-order valence-electron chi connectivity index (χ0n) is 17.9. The predicted octanol–water partition coefficient (Wildman–Crippen LogP) is 5.00. The third-order valence-electron chi connectivity index (χ3n) is 6.18. The highest BCUT2D eigenvalue weighted by Crippen LogP contribution is 2.32. The van der Waals surface area contributed by atoms with Gasteiger partial charge in [0, 0.05) is 24.8 Å². The first-order chi connectivity index (χ1) is 15.3. The Morgan fingerprint density at radius 1 is 1.00 bits per heavy atom. The van der Waals surface area contributed by atoms with E-state index in [0.717, 1.165) is 18.6 Å². The molecule has 1 unspecified atom stereocenters. The first kappa shape index (κ1) is 22.3. The average molecular weight is 445 g/mol. The molecular weight excluding hydrogens is 419 g/mol. The van der Waals surface area contributed by atoms with E-state index in [0.29, 0.717) is 49.2 Å². The molecule has 2 amide bonds. The summed E-state index contributed by atoms with van der Waals surface area (Å²) in [5, 5.41) is 3.21. The Labute approximate surface area is 185 Å². The van der Waals surface area contributed by atoms with Crippen LogP contribution in [0.1, 0.15) is 58.9 Å². The molecule has 170 valence electrons. The zero-order valence-corrected chi connectivity index (χ0v) is 17.9. The number of carbonyl (C=O) groups is 2. The van der Waals surface area contributed by atoms with Crippen molar-refractivity contribution in [1.82, 2.24) is 9.80 Å². The molecule has 0 radical (unpaired) electrons. The molecule has 0 saturated carbocycles. The Kier molecular flexibility index (Phi) is 6.24. The molecule has 2 aliphatic rings. The van der Waals surface area contributed by atoms with Crippen LogP contribution in [0.15, 0.2) is 48.5 Å². The third-order valence-corrected chi connectivity index (χ3v) is 6.18. The predicted molar refractivity (Wildman–Crippen MR) is 115 cm³/mol. The number of nitrogens with one attached hydrogen (secondary N) is 1. The number of piperidine rings is 1. The molecule has 1 atom stereocenters. The van der Waals surface area contributed by atoms with Crippen molar-refractivity contribution >= 4 is 17.5 Å². The van der Waals surface area contributed by atoms with Gasteiger partial charge in [0.05, 0.1) is 22.9 Å². The topological polar surface area (TPSA) is 52.6 Å². The van der Waals surface area contributed by atoms with Crippen molar-refractivity contribution < 1.29 is 22.8 Å². The number of hydrogen-bond acceptors (Lipinski definition) is 4. The van der Waals surface area contributed by atoms with E-state index in [9.17, 15) is 22.8 Å². The standard InChI is InChI=1S/C24H26F3N3O2/c1-2-6-21(30-22(31)19-9-3-4-10-20(19)23(30)32)29-13-11-17(12-14-29)28-18-8-5-7-16(15-18)24(25,26)27/h3-5,7-10,15,17,21,28H,2,6,11-14H2,1H3. The van der Waals surface area contributed by atoms with E-state index in [1.165, 1.54) is 11.0 Å². The lowest BCUT2D eigenvalue weighted by Gasteiger charge is -2.41. The molecule has 5 nitrogen and oxygen atoms in total. The molecule has 2 aliphatic heterocycles. The highest BCUT2D eigenvalue weighted by molar-refractivity contribution is 6.21. The molecule has 0 spiro atoms. The van der Waals surface area contributed by atoms with Crippen molar-refractivity contribution in [3.63, 3.8) is 0 Å². The van der Waals surface area contributed by atoms with Crippen molar-refractivity contribution in [2.45, 2.75) is 51.0 Å². The van der Waals surface area contributed by atoms with Crippen LogP contribution in [-0.4, -0.2) is 46.9 Å². The van der Waals surface area contributed by atoms with Crippen LogP contribution in [-0.2, 0) is 6.18 Å². The second-order valence-corrected chi connectivity index (χ2v) is 8.33. The van der Waals surface area contributed by atoms with E-state index in [4.69, 9.17) is 0 Å². The first-order valence-electron chi connectivity index (χ1n) is 10.9. The summed E-state index contributed by atoms with van der Waals surface area (Å²) in [6, 6.07) is 12.1. The van der Waals surface area contributed by atoms with E-state index >= 15 is 0 Å². The Morgan fingerprint density at radius 2 is 1.62 bits per heavy atom. The average Bonchev–Trinajstić information content (AvgIpc) is 3.03. The highest BCUT2D eigenvalue weighted by Gasteiger charge is 2.42. The third kappa shape index (κ3) is 4.37. The number of fused-ring (bicyclic) bond motifs is 1. The minimum atomic E-state index is -4.37. The minimum Gasteiger partial charge on any atom is -0.382 e. The van der Waals surface area contributed by atoms with Crippen LogP contribution in [0.5, 0.6) is 0 Å². The molecule has 1 N–H and O–H groups in total. The van der Waals surface area contributed by atoms with Gasteiger partial charge < -0.3 is 5.32 Å². The summed E-state index contributed by atoms with van der Waals surface area (Å²) in [4.78, 5) is 29.4. The Hall–Kier alpha value is -2.87. The summed E-state index contributed by atoms with van der Waals surface area (Å²) in [5.74, 6) is -0.512. The van der Waals surface area contributed by atoms with Gasteiger partial charge in [-0.05, 0) is 49.6 Å². The number of carbonyl (C=O) groups excluding carboxylic acids is 2. The fourth-order valence-corrected chi connectivity index (χ4v) is 4.57. The highest BCUT2D eigenvalue weighted by atomic mass is 19.4. The number of hydrogen-bond donors (Lipinski definition) is 1. The van der Waals surface area contributed by atoms with Crippen molar-refractivity contribution in [1.29, 1.82) is 0 Å². The molecule has 32 heavy (non-hydrogen) atoms. The van der Waals surface area contributed by atoms with Gasteiger partial charge in [-0.1, -0.05) is 31.5 Å². The fraction of sp³-hybridized carbons (Fsp3) is 0.417. The van der Waals surface area contributed by atoms with E-state index in [2.05, 4.69) is 10.2 Å². The molecule has 4 rings (SSSR count). The van der Waals surface area contributed by atoms with E-state index < -0.39 is 11.7 Å². The minimum absolute atomic E-state index is 0.0270. The van der Waals surface area contributed by atoms with Gasteiger partial charge in [-0.25, -0.2) is 0 Å². The van der Waals surface area contributed by atoms with Crippen LogP contribution in [0.3, 0.4) is 0 Å². The number of alkyl halides is 3. The number of amides is 2. The van der Waals surface area contributed by atoms with E-state index in [-0.39, 0.29) is 24.0 Å². The Morgan fingerprint density at radius 3 is 2.19 bits per heavy atom. The Balaban J connectivity index is 1.42. The number of rotatable bonds is 6. The number of likely N-dealkylation sites (tertiary alicyclic amines) is 1. The summed E-state index contributed by atoms with van der Waals surface area (Å²) in [7, 11) is 0. The number of imide groups is 1. The van der Waals surface area contributed by atoms with Crippen LogP contribution >= 0.6 is 0 Å². The van der Waals surface area contributed by atoms with Crippen LogP contribution in [0, 0.1) is 0 Å². The van der Waals surface area contributed by atoms with Gasteiger partial charge in [-0.15, -0.1) is 0 Å². The van der Waals surface area contributed by atoms with Gasteiger partial charge in [0.2, 0.25) is 0 Å². The quantitative estimate of drug-likeness (QED) is 0.636. The normalized spacial score (nSPS) is 18.7. The maximum atomic E-state index is 13.0. The van der Waals surface area contributed by atoms with Gasteiger partial charge in [-0.2, -0.15) is 13.2 Å². The zero-order chi connectivity index (χ0) is 22.9. The maximum Gasteiger partial charge on any atom is 0.416 e. The molecule has 2 aromatic carbocycles. The van der Waals surface area contributed by atoms with E-state index in [1.807, 2.05) is 6.92 Å². The SMILES string of the molecule is CCCC(N1CCC(Nc2cccc(C(F)(F)F)c2)CC1)N1C(=O)c2ccccc2C1=O. The van der Waals surface area contributed by atoms with Gasteiger partial charge in [-0.3, -0.25) is 19.4 Å². The summed E-state index contributed by atoms with van der Waals surface area (Å²) in [6.07, 6.45) is -1.78. The smallest absolute Gasteiger partial charge is 0.382 e. The van der Waals surface area contributed by atoms with Crippen LogP contribution in [0.2, 0.25) is 0 Å². The molecular formula is C24H26F3N3O2. The molecule has 2 aromatic rings. The molecule has 8 heteroatoms. The molecule has 0 bridgehead atoms. The number of nitrogens with zero attached hydrogens (tertiary/aromatic N) is 2. The van der Waals surface area contributed by atoms with Crippen molar-refractivity contribution in [3.8, 4) is 0 Å². The fourth-order valence-electron chi connectivity index (χ4n) is 4.57. The number of benzene rings is 2. The summed E-state index contributed by atoms with van der Waals surface area (Å²) in [5.41, 5.74) is 0.664. The monoisotopic (exact) mass is 445 g/mol. The van der Waals surface area contributed by atoms with Crippen molar-refractivity contribution in [2.75, 3.05) is 18.4 Å². The van der Waals surface area contributed by atoms with E-state index in [1.54, 1.807) is 30.3 Å². The molecule has 0 aliphatic carbocycles. The van der Waals surface area contributed by atoms with Crippen molar-refractivity contribution in [3.05, 3.63) is 65.2 Å². The van der Waals surface area contributed by atoms with Gasteiger partial charge in [0.25, 0.3) is 11.8 Å². The summed E-state index contributed by atoms with van der Waals surface area (Å²) >= 11 is 0. The second kappa shape index (κ2) is 8.94. The summed E-state index contributed by atoms with van der Waals surface area (Å²) < 4.78 is 38.9. The lowest BCUT2D eigenvalue weighted by molar-refractivity contribution is -0.137. The van der Waals surface area contributed by atoms with Gasteiger partial charge >= 0.3 is 6.18 Å². The van der Waals surface area contributed by atoms with Crippen LogP contribution < -0.4 is 5.32 Å². The largest absolute Gasteiger partial charge is 0.416 e. The number of halogens is 3. The van der Waals surface area contributed by atoms with Crippen molar-refractivity contribution in [2.24, 2.45) is 0 Å². The second-order valence-electron chi connectivity index (χ2n) is 8.33. The maximum absolute atomic E-state index is 13.0. The number of anilines is 1. The van der Waals surface area contributed by atoms with Crippen LogP contribution in [0.25, 0.3) is 0 Å². The Bertz CT molecular complexity index is 965. The van der Waals surface area contributed by atoms with Gasteiger partial charge in [0.15, 0.2) is 0 Å². The van der Waals surface area contributed by atoms with Gasteiger partial charge in [0.1, 0.15) is 0 Å². The summed E-state index contributed by atoms with van der Waals surface area (Å²) in [6.45, 7) is 3.32.